The number of hydrogen-bond acceptors (Lipinski definition) is 2. The third-order valence-electron chi connectivity index (χ3n) is 6.09. The van der Waals surface area contributed by atoms with Gasteiger partial charge < -0.3 is 10.7 Å². The van der Waals surface area contributed by atoms with E-state index >= 15 is 0 Å². The van der Waals surface area contributed by atoms with Gasteiger partial charge >= 0.3 is 0 Å². The van der Waals surface area contributed by atoms with Crippen LogP contribution in [-0.4, -0.2) is 9.97 Å². The fraction of sp³-hybridized carbons (Fsp3) is 0.824. The molecular formula is C17H27N3. The predicted octanol–water partition coefficient (Wildman–Crippen LogP) is 3.46. The lowest BCUT2D eigenvalue weighted by atomic mass is 9.48. The maximum Gasteiger partial charge on any atom is 0.109 e. The summed E-state index contributed by atoms with van der Waals surface area (Å²) in [5, 5.41) is 0. The molecule has 3 heteroatoms. The molecule has 4 aliphatic rings. The minimum Gasteiger partial charge on any atom is -0.344 e. The highest BCUT2D eigenvalue weighted by Crippen LogP contribution is 2.60. The van der Waals surface area contributed by atoms with Crippen LogP contribution in [0.2, 0.25) is 0 Å². The van der Waals surface area contributed by atoms with E-state index in [9.17, 15) is 0 Å². The van der Waals surface area contributed by atoms with E-state index in [-0.39, 0.29) is 0 Å². The Morgan fingerprint density at radius 3 is 2.15 bits per heavy atom. The van der Waals surface area contributed by atoms with Crippen LogP contribution >= 0.6 is 0 Å². The first-order valence-corrected chi connectivity index (χ1v) is 8.39. The van der Waals surface area contributed by atoms with Crippen LogP contribution in [0.4, 0.5) is 0 Å². The third kappa shape index (κ3) is 1.78. The zero-order chi connectivity index (χ0) is 13.9. The molecule has 0 spiro atoms. The van der Waals surface area contributed by atoms with E-state index in [1.165, 1.54) is 49.9 Å². The molecule has 0 radical (unpaired) electrons. The van der Waals surface area contributed by atoms with Gasteiger partial charge in [0.05, 0.1) is 11.4 Å². The number of nitrogens with two attached hydrogens (primary N) is 1. The molecule has 1 heterocycles. The van der Waals surface area contributed by atoms with Gasteiger partial charge in [-0.25, -0.2) is 4.98 Å². The van der Waals surface area contributed by atoms with E-state index in [4.69, 9.17) is 10.7 Å². The second kappa shape index (κ2) is 4.33. The van der Waals surface area contributed by atoms with Crippen molar-refractivity contribution < 1.29 is 0 Å². The summed E-state index contributed by atoms with van der Waals surface area (Å²) in [7, 11) is 0. The quantitative estimate of drug-likeness (QED) is 0.886. The first-order chi connectivity index (χ1) is 9.59. The molecule has 1 aromatic heterocycles. The lowest BCUT2D eigenvalue weighted by Gasteiger charge is -2.56. The molecule has 0 amide bonds. The molecule has 20 heavy (non-hydrogen) atoms. The number of rotatable bonds is 3. The molecule has 0 aliphatic heterocycles. The Hall–Kier alpha value is -0.830. The number of H-pyrrole nitrogens is 1. The van der Waals surface area contributed by atoms with Gasteiger partial charge in [-0.2, -0.15) is 0 Å². The van der Waals surface area contributed by atoms with Crippen molar-refractivity contribution >= 4 is 0 Å². The zero-order valence-corrected chi connectivity index (χ0v) is 12.8. The van der Waals surface area contributed by atoms with Crippen LogP contribution in [0.3, 0.4) is 0 Å². The second-order valence-corrected chi connectivity index (χ2v) is 8.01. The topological polar surface area (TPSA) is 54.7 Å². The maximum absolute atomic E-state index is 6.01. The van der Waals surface area contributed by atoms with Crippen molar-refractivity contribution in [3.8, 4) is 0 Å². The van der Waals surface area contributed by atoms with Crippen LogP contribution in [0.15, 0.2) is 0 Å². The monoisotopic (exact) mass is 273 g/mol. The van der Waals surface area contributed by atoms with Gasteiger partial charge in [0.15, 0.2) is 0 Å². The van der Waals surface area contributed by atoms with Crippen LogP contribution in [-0.2, 0) is 12.0 Å². The summed E-state index contributed by atoms with van der Waals surface area (Å²) in [6.07, 6.45) is 8.56. The van der Waals surface area contributed by atoms with Crippen LogP contribution in [0.5, 0.6) is 0 Å². The van der Waals surface area contributed by atoms with Gasteiger partial charge in [0.1, 0.15) is 5.82 Å². The standard InChI is InChI=1S/C17H27N3/c1-10(2)16-19-14(9-18)15(20-16)17-6-11-3-12(7-17)5-13(4-11)8-17/h10-13H,3-9,18H2,1-2H3,(H,19,20). The normalized spacial score (nSPS) is 38.9. The Morgan fingerprint density at radius 1 is 1.15 bits per heavy atom. The second-order valence-electron chi connectivity index (χ2n) is 8.01. The Kier molecular flexibility index (Phi) is 2.79. The van der Waals surface area contributed by atoms with Crippen molar-refractivity contribution in [2.24, 2.45) is 23.5 Å². The Balaban J connectivity index is 1.76. The average molecular weight is 273 g/mol. The molecule has 1 aromatic rings. The molecule has 3 N–H and O–H groups in total. The summed E-state index contributed by atoms with van der Waals surface area (Å²) in [6.45, 7) is 5.03. The minimum absolute atomic E-state index is 0.368. The van der Waals surface area contributed by atoms with E-state index in [1.54, 1.807) is 0 Å². The zero-order valence-electron chi connectivity index (χ0n) is 12.8. The van der Waals surface area contributed by atoms with E-state index in [2.05, 4.69) is 18.8 Å². The molecule has 5 rings (SSSR count). The Morgan fingerprint density at radius 2 is 1.70 bits per heavy atom. The van der Waals surface area contributed by atoms with E-state index in [1.807, 2.05) is 0 Å². The number of aromatic amines is 1. The number of hydrogen-bond donors (Lipinski definition) is 2. The van der Waals surface area contributed by atoms with Crippen molar-refractivity contribution in [3.63, 3.8) is 0 Å². The molecule has 4 fully saturated rings. The summed E-state index contributed by atoms with van der Waals surface area (Å²) in [6, 6.07) is 0. The average Bonchev–Trinajstić information content (AvgIpc) is 2.82. The molecule has 4 bridgehead atoms. The Labute approximate surface area is 121 Å². The lowest BCUT2D eigenvalue weighted by Crippen LogP contribution is -2.49. The van der Waals surface area contributed by atoms with Gasteiger partial charge in [-0.3, -0.25) is 0 Å². The molecule has 4 saturated carbocycles. The minimum atomic E-state index is 0.368. The van der Waals surface area contributed by atoms with Crippen molar-refractivity contribution in [2.45, 2.75) is 70.3 Å². The van der Waals surface area contributed by atoms with Gasteiger partial charge in [-0.1, -0.05) is 13.8 Å². The fourth-order valence-electron chi connectivity index (χ4n) is 5.69. The van der Waals surface area contributed by atoms with Gasteiger partial charge in [-0.05, 0) is 56.3 Å². The van der Waals surface area contributed by atoms with Crippen LogP contribution in [0.25, 0.3) is 0 Å². The van der Waals surface area contributed by atoms with Gasteiger partial charge in [0.25, 0.3) is 0 Å². The smallest absolute Gasteiger partial charge is 0.109 e. The summed E-state index contributed by atoms with van der Waals surface area (Å²) in [5.74, 6) is 4.49. The van der Waals surface area contributed by atoms with E-state index in [0.29, 0.717) is 17.9 Å². The first kappa shape index (κ1) is 12.9. The molecule has 3 nitrogen and oxygen atoms in total. The largest absolute Gasteiger partial charge is 0.344 e. The van der Waals surface area contributed by atoms with Gasteiger partial charge in [0.2, 0.25) is 0 Å². The number of nitrogens with zero attached hydrogens (tertiary/aromatic N) is 1. The highest BCUT2D eigenvalue weighted by molar-refractivity contribution is 5.29. The third-order valence-corrected chi connectivity index (χ3v) is 6.09. The van der Waals surface area contributed by atoms with Crippen LogP contribution in [0, 0.1) is 17.8 Å². The molecule has 0 atom stereocenters. The highest BCUT2D eigenvalue weighted by Gasteiger charge is 2.53. The Bertz CT molecular complexity index is 479. The van der Waals surface area contributed by atoms with Crippen LogP contribution in [0.1, 0.15) is 75.5 Å². The summed E-state index contributed by atoms with van der Waals surface area (Å²) < 4.78 is 0. The number of aromatic nitrogens is 2. The fourth-order valence-corrected chi connectivity index (χ4v) is 5.69. The van der Waals surface area contributed by atoms with Gasteiger partial charge in [-0.15, -0.1) is 0 Å². The van der Waals surface area contributed by atoms with Gasteiger partial charge in [0, 0.05) is 17.9 Å². The number of imidazole rings is 1. The van der Waals surface area contributed by atoms with Crippen molar-refractivity contribution in [2.75, 3.05) is 0 Å². The van der Waals surface area contributed by atoms with E-state index < -0.39 is 0 Å². The lowest BCUT2D eigenvalue weighted by molar-refractivity contribution is -0.00747. The van der Waals surface area contributed by atoms with Crippen molar-refractivity contribution in [1.29, 1.82) is 0 Å². The molecule has 110 valence electrons. The van der Waals surface area contributed by atoms with E-state index in [0.717, 1.165) is 23.6 Å². The highest BCUT2D eigenvalue weighted by atomic mass is 15.0. The van der Waals surface area contributed by atoms with Crippen molar-refractivity contribution in [3.05, 3.63) is 17.2 Å². The summed E-state index contributed by atoms with van der Waals surface area (Å²) in [4.78, 5) is 8.55. The number of nitrogens with one attached hydrogen (secondary N) is 1. The first-order valence-electron chi connectivity index (χ1n) is 8.39. The summed E-state index contributed by atoms with van der Waals surface area (Å²) in [5.41, 5.74) is 8.95. The molecular weight excluding hydrogens is 246 g/mol. The molecule has 4 aliphatic carbocycles. The predicted molar refractivity (Wildman–Crippen MR) is 80.4 cm³/mol. The SMILES string of the molecule is CC(C)c1nc(C23CC4CC(CC(C4)C2)C3)c(CN)[nH]1. The summed E-state index contributed by atoms with van der Waals surface area (Å²) >= 11 is 0. The molecule has 0 unspecified atom stereocenters. The molecule has 0 saturated heterocycles. The maximum atomic E-state index is 6.01. The molecule has 0 aromatic carbocycles. The van der Waals surface area contributed by atoms with Crippen LogP contribution < -0.4 is 5.73 Å². The van der Waals surface area contributed by atoms with Crippen molar-refractivity contribution in [1.82, 2.24) is 9.97 Å².